The van der Waals surface area contributed by atoms with Gasteiger partial charge in [-0.2, -0.15) is 0 Å². The molecule has 0 aliphatic carbocycles. The van der Waals surface area contributed by atoms with Crippen molar-refractivity contribution in [1.82, 2.24) is 10.2 Å². The van der Waals surface area contributed by atoms with Crippen molar-refractivity contribution in [2.75, 3.05) is 5.73 Å². The molecule has 1 aromatic rings. The fraction of sp³-hybridized carbons (Fsp3) is 0. The third-order valence-electron chi connectivity index (χ3n) is 0.665. The number of rotatable bonds is 1. The maximum absolute atomic E-state index is 10.5. The summed E-state index contributed by atoms with van der Waals surface area (Å²) >= 11 is 0.737. The summed E-state index contributed by atoms with van der Waals surface area (Å²) in [6.45, 7) is 0. The zero-order valence-corrected chi connectivity index (χ0v) is 9.32. The molecule has 58 valence electrons. The monoisotopic (exact) mass is 204 g/mol. The molecule has 0 fully saturated rings. The minimum Gasteiger partial charge on any atom is -1.00 e. The maximum atomic E-state index is 10.5. The molecule has 0 atom stereocenters. The van der Waals surface area contributed by atoms with Crippen LogP contribution in [0.15, 0.2) is 4.34 Å². The molecule has 0 saturated carbocycles. The van der Waals surface area contributed by atoms with Crippen LogP contribution in [0, 0.1) is 0 Å². The van der Waals surface area contributed by atoms with Crippen LogP contribution in [-0.4, -0.2) is 18.6 Å². The molecule has 0 amide bonds. The average Bonchev–Trinajstić information content (AvgIpc) is 2.11. The van der Waals surface area contributed by atoms with Crippen molar-refractivity contribution in [3.05, 3.63) is 0 Å². The molecule has 9 heteroatoms. The van der Waals surface area contributed by atoms with Gasteiger partial charge >= 0.3 is 29.6 Å². The van der Waals surface area contributed by atoms with Crippen LogP contribution in [0.25, 0.3) is 0 Å². The summed E-state index contributed by atoms with van der Waals surface area (Å²) in [6, 6.07) is 0. The Kier molecular flexibility index (Phi) is 3.88. The standard InChI is InChI=1S/C2H4N4O2S2.Na.H/c3-1-5-6-2(9-1)10(4,7)8;;/h(H2,3,5)(H2,4,7,8);;/q;+1;-1. The first-order valence-corrected chi connectivity index (χ1v) is 4.48. The van der Waals surface area contributed by atoms with Gasteiger partial charge in [0, 0.05) is 0 Å². The van der Waals surface area contributed by atoms with Gasteiger partial charge in [0.15, 0.2) is 0 Å². The number of sulfonamides is 1. The molecule has 0 aromatic carbocycles. The molecule has 1 rings (SSSR count). The molecule has 6 nitrogen and oxygen atoms in total. The first kappa shape index (κ1) is 11.3. The van der Waals surface area contributed by atoms with Gasteiger partial charge in [-0.1, -0.05) is 11.3 Å². The molecule has 0 aliphatic heterocycles. The van der Waals surface area contributed by atoms with Crippen LogP contribution >= 0.6 is 11.3 Å². The normalized spacial score (nSPS) is 10.6. The number of hydrogen-bond acceptors (Lipinski definition) is 6. The zero-order valence-electron chi connectivity index (χ0n) is 6.68. The van der Waals surface area contributed by atoms with E-state index in [1.165, 1.54) is 0 Å². The van der Waals surface area contributed by atoms with Crippen LogP contribution < -0.4 is 40.4 Å². The van der Waals surface area contributed by atoms with E-state index < -0.39 is 10.0 Å². The van der Waals surface area contributed by atoms with Crippen molar-refractivity contribution in [3.63, 3.8) is 0 Å². The van der Waals surface area contributed by atoms with E-state index in [4.69, 9.17) is 10.9 Å². The van der Waals surface area contributed by atoms with Crippen LogP contribution in [0.4, 0.5) is 5.13 Å². The van der Waals surface area contributed by atoms with Gasteiger partial charge in [-0.3, -0.25) is 0 Å². The van der Waals surface area contributed by atoms with Crippen molar-refractivity contribution in [2.45, 2.75) is 4.34 Å². The largest absolute Gasteiger partial charge is 1.00 e. The van der Waals surface area contributed by atoms with Crippen molar-refractivity contribution in [3.8, 4) is 0 Å². The van der Waals surface area contributed by atoms with Gasteiger partial charge in [0.1, 0.15) is 0 Å². The Morgan fingerprint density at radius 1 is 1.45 bits per heavy atom. The van der Waals surface area contributed by atoms with E-state index in [1.54, 1.807) is 0 Å². The molecular formula is C2H5N4NaO2S2. The summed E-state index contributed by atoms with van der Waals surface area (Å²) in [6.07, 6.45) is 0. The Hall–Kier alpha value is 0.270. The molecule has 11 heavy (non-hydrogen) atoms. The number of nitrogens with zero attached hydrogens (tertiary/aromatic N) is 2. The molecule has 0 saturated heterocycles. The number of aromatic nitrogens is 2. The van der Waals surface area contributed by atoms with Gasteiger partial charge in [0.25, 0.3) is 10.0 Å². The van der Waals surface area contributed by atoms with Crippen LogP contribution in [-0.2, 0) is 10.0 Å². The van der Waals surface area contributed by atoms with E-state index in [2.05, 4.69) is 10.2 Å². The predicted molar refractivity (Wildman–Crippen MR) is 36.8 cm³/mol. The van der Waals surface area contributed by atoms with Crippen LogP contribution in [0.2, 0.25) is 0 Å². The Balaban J connectivity index is 0. The third kappa shape index (κ3) is 3.01. The molecule has 4 N–H and O–H groups in total. The van der Waals surface area contributed by atoms with Crippen molar-refractivity contribution in [2.24, 2.45) is 5.14 Å². The van der Waals surface area contributed by atoms with Crippen LogP contribution in [0.1, 0.15) is 1.43 Å². The fourth-order valence-corrected chi connectivity index (χ4v) is 1.55. The van der Waals surface area contributed by atoms with Crippen molar-refractivity contribution in [1.29, 1.82) is 0 Å². The van der Waals surface area contributed by atoms with Gasteiger partial charge in [-0.05, 0) is 0 Å². The topological polar surface area (TPSA) is 112 Å². The van der Waals surface area contributed by atoms with E-state index in [0.29, 0.717) is 0 Å². The Bertz CT molecular complexity index is 337. The van der Waals surface area contributed by atoms with E-state index in [9.17, 15) is 8.42 Å². The van der Waals surface area contributed by atoms with Gasteiger partial charge in [-0.25, -0.2) is 13.6 Å². The van der Waals surface area contributed by atoms with E-state index >= 15 is 0 Å². The minimum absolute atomic E-state index is 0. The van der Waals surface area contributed by atoms with E-state index in [-0.39, 0.29) is 40.5 Å². The molecule has 0 bridgehead atoms. The first-order valence-electron chi connectivity index (χ1n) is 2.12. The van der Waals surface area contributed by atoms with Gasteiger partial charge < -0.3 is 7.16 Å². The number of nitrogen functional groups attached to an aromatic ring is 1. The second kappa shape index (κ2) is 3.78. The molecule has 1 aromatic heterocycles. The molecule has 0 radical (unpaired) electrons. The van der Waals surface area contributed by atoms with Gasteiger partial charge in [0.2, 0.25) is 9.47 Å². The zero-order chi connectivity index (χ0) is 7.78. The second-order valence-electron chi connectivity index (χ2n) is 1.45. The SMILES string of the molecule is Nc1nnc(S(N)(=O)=O)s1.[H-].[Na+]. The smallest absolute Gasteiger partial charge is 1.00 e. The molecule has 0 aliphatic rings. The summed E-state index contributed by atoms with van der Waals surface area (Å²) in [5, 5.41) is 11.3. The average molecular weight is 204 g/mol. The Morgan fingerprint density at radius 2 is 2.00 bits per heavy atom. The quantitative estimate of drug-likeness (QED) is 0.451. The summed E-state index contributed by atoms with van der Waals surface area (Å²) < 4.78 is 20.7. The van der Waals surface area contributed by atoms with Gasteiger partial charge in [0.05, 0.1) is 0 Å². The molecule has 0 unspecified atom stereocenters. The fourth-order valence-electron chi connectivity index (χ4n) is 0.335. The maximum Gasteiger partial charge on any atom is 1.00 e. The molecule has 1 heterocycles. The summed E-state index contributed by atoms with van der Waals surface area (Å²) in [4.78, 5) is 0. The van der Waals surface area contributed by atoms with E-state index in [1.807, 2.05) is 0 Å². The van der Waals surface area contributed by atoms with Crippen molar-refractivity contribution < 1.29 is 39.4 Å². The Morgan fingerprint density at radius 3 is 2.18 bits per heavy atom. The number of hydrogen-bond donors (Lipinski definition) is 2. The summed E-state index contributed by atoms with van der Waals surface area (Å²) in [5.74, 6) is 0. The summed E-state index contributed by atoms with van der Waals surface area (Å²) in [5.41, 5.74) is 5.10. The van der Waals surface area contributed by atoms with Crippen LogP contribution in [0.3, 0.4) is 0 Å². The van der Waals surface area contributed by atoms with Crippen molar-refractivity contribution >= 4 is 26.5 Å². The molecular weight excluding hydrogens is 199 g/mol. The minimum atomic E-state index is -3.72. The number of nitrogens with two attached hydrogens (primary N) is 2. The first-order chi connectivity index (χ1) is 4.50. The third-order valence-corrected chi connectivity index (χ3v) is 2.73. The number of primary sulfonamides is 1. The summed E-state index contributed by atoms with van der Waals surface area (Å²) in [7, 11) is -3.72. The Labute approximate surface area is 90.8 Å². The van der Waals surface area contributed by atoms with E-state index in [0.717, 1.165) is 11.3 Å². The molecule has 0 spiro atoms. The van der Waals surface area contributed by atoms with Crippen LogP contribution in [0.5, 0.6) is 0 Å². The predicted octanol–water partition coefficient (Wildman–Crippen LogP) is -4.12. The number of anilines is 1. The second-order valence-corrected chi connectivity index (χ2v) is 4.20. The van der Waals surface area contributed by atoms with Gasteiger partial charge in [-0.15, -0.1) is 10.2 Å².